The molecule has 6 nitrogen and oxygen atoms in total. The number of aromatic nitrogens is 3. The second-order valence-corrected chi connectivity index (χ2v) is 5.66. The number of imidazole rings is 1. The van der Waals surface area contributed by atoms with Gasteiger partial charge in [-0.05, 0) is 17.7 Å². The van der Waals surface area contributed by atoms with Crippen LogP contribution in [0.3, 0.4) is 0 Å². The van der Waals surface area contributed by atoms with E-state index in [1.807, 2.05) is 42.6 Å². The van der Waals surface area contributed by atoms with Crippen molar-refractivity contribution < 1.29 is 0 Å². The van der Waals surface area contributed by atoms with Gasteiger partial charge in [-0.25, -0.2) is 9.98 Å². The zero-order valence-corrected chi connectivity index (χ0v) is 16.8. The van der Waals surface area contributed by atoms with Crippen LogP contribution in [0, 0.1) is 0 Å². The zero-order chi connectivity index (χ0) is 17.3. The van der Waals surface area contributed by atoms with Gasteiger partial charge in [-0.1, -0.05) is 36.4 Å². The number of benzene rings is 1. The van der Waals surface area contributed by atoms with Gasteiger partial charge in [0.25, 0.3) is 0 Å². The topological polar surface area (TPSA) is 81.1 Å². The Labute approximate surface area is 170 Å². The molecule has 3 aromatic rings. The average Bonchev–Trinajstić information content (AvgIpc) is 3.09. The van der Waals surface area contributed by atoms with Gasteiger partial charge in [-0.2, -0.15) is 0 Å². The van der Waals surface area contributed by atoms with Crippen LogP contribution in [-0.2, 0) is 19.5 Å². The van der Waals surface area contributed by atoms with Gasteiger partial charge in [0.05, 0.1) is 0 Å². The van der Waals surface area contributed by atoms with Crippen molar-refractivity contribution >= 4 is 29.9 Å². The molecule has 0 aliphatic carbocycles. The van der Waals surface area contributed by atoms with Crippen LogP contribution in [-0.4, -0.2) is 27.0 Å². The lowest BCUT2D eigenvalue weighted by Crippen LogP contribution is -2.33. The van der Waals surface area contributed by atoms with Crippen LogP contribution in [0.2, 0.25) is 0 Å². The Balaban J connectivity index is 0.00000243. The third kappa shape index (κ3) is 6.14. The lowest BCUT2D eigenvalue weighted by molar-refractivity contribution is 0.721. The van der Waals surface area contributed by atoms with E-state index in [1.54, 1.807) is 12.4 Å². The minimum Gasteiger partial charge on any atom is -0.370 e. The summed E-state index contributed by atoms with van der Waals surface area (Å²) in [5.41, 5.74) is 8.20. The van der Waals surface area contributed by atoms with Crippen molar-refractivity contribution in [3.05, 3.63) is 84.2 Å². The number of pyridine rings is 1. The first-order valence-electron chi connectivity index (χ1n) is 8.29. The van der Waals surface area contributed by atoms with Crippen LogP contribution >= 0.6 is 24.0 Å². The first kappa shape index (κ1) is 19.9. The van der Waals surface area contributed by atoms with Crippen molar-refractivity contribution in [1.82, 2.24) is 19.9 Å². The predicted molar refractivity (Wildman–Crippen MR) is 114 cm³/mol. The van der Waals surface area contributed by atoms with E-state index in [9.17, 15) is 0 Å². The predicted octanol–water partition coefficient (Wildman–Crippen LogP) is 2.59. The Bertz CT molecular complexity index is 801. The van der Waals surface area contributed by atoms with Crippen LogP contribution < -0.4 is 11.1 Å². The van der Waals surface area contributed by atoms with E-state index in [0.717, 1.165) is 24.5 Å². The van der Waals surface area contributed by atoms with E-state index in [0.29, 0.717) is 19.0 Å². The molecule has 2 heterocycles. The highest BCUT2D eigenvalue weighted by Gasteiger charge is 2.03. The molecular formula is C19H23IN6. The molecule has 0 spiro atoms. The minimum atomic E-state index is 0. The summed E-state index contributed by atoms with van der Waals surface area (Å²) in [5.74, 6) is 1.31. The number of aliphatic imine (C=N–C) groups is 1. The highest BCUT2D eigenvalue weighted by molar-refractivity contribution is 14.0. The number of hydrogen-bond donors (Lipinski definition) is 2. The first-order chi connectivity index (χ1) is 12.3. The molecule has 3 N–H and O–H groups in total. The maximum atomic E-state index is 5.94. The van der Waals surface area contributed by atoms with Crippen molar-refractivity contribution in [2.24, 2.45) is 10.7 Å². The van der Waals surface area contributed by atoms with Crippen LogP contribution in [0.25, 0.3) is 0 Å². The third-order valence-corrected chi connectivity index (χ3v) is 3.80. The molecule has 0 amide bonds. The summed E-state index contributed by atoms with van der Waals surface area (Å²) in [6, 6.07) is 16.2. The van der Waals surface area contributed by atoms with E-state index in [1.165, 1.54) is 5.56 Å². The highest BCUT2D eigenvalue weighted by Crippen LogP contribution is 2.06. The molecule has 1 aromatic carbocycles. The number of nitrogens with one attached hydrogen (secondary N) is 1. The molecular weight excluding hydrogens is 439 g/mol. The Kier molecular flexibility index (Phi) is 8.07. The zero-order valence-electron chi connectivity index (χ0n) is 14.5. The van der Waals surface area contributed by atoms with Gasteiger partial charge in [0, 0.05) is 43.8 Å². The molecule has 0 atom stereocenters. The molecule has 136 valence electrons. The monoisotopic (exact) mass is 462 g/mol. The minimum absolute atomic E-state index is 0. The van der Waals surface area contributed by atoms with E-state index < -0.39 is 0 Å². The summed E-state index contributed by atoms with van der Waals surface area (Å²) in [5, 5.41) is 3.11. The van der Waals surface area contributed by atoms with E-state index in [4.69, 9.17) is 5.73 Å². The van der Waals surface area contributed by atoms with Gasteiger partial charge in [0.15, 0.2) is 5.96 Å². The van der Waals surface area contributed by atoms with Crippen LogP contribution in [0.4, 0.5) is 0 Å². The fourth-order valence-corrected chi connectivity index (χ4v) is 2.49. The summed E-state index contributed by atoms with van der Waals surface area (Å²) in [6.45, 7) is 1.92. The number of nitrogens with two attached hydrogens (primary N) is 1. The average molecular weight is 462 g/mol. The van der Waals surface area contributed by atoms with Gasteiger partial charge in [0.1, 0.15) is 12.4 Å². The Morgan fingerprint density at radius 3 is 2.62 bits per heavy atom. The van der Waals surface area contributed by atoms with E-state index in [-0.39, 0.29) is 24.0 Å². The van der Waals surface area contributed by atoms with Crippen molar-refractivity contribution in [3.63, 3.8) is 0 Å². The molecule has 0 radical (unpaired) electrons. The fourth-order valence-electron chi connectivity index (χ4n) is 2.49. The summed E-state index contributed by atoms with van der Waals surface area (Å²) in [6.07, 6.45) is 6.35. The number of rotatable bonds is 7. The molecule has 7 heteroatoms. The number of hydrogen-bond acceptors (Lipinski definition) is 3. The largest absolute Gasteiger partial charge is 0.370 e. The summed E-state index contributed by atoms with van der Waals surface area (Å²) in [7, 11) is 0. The molecule has 2 aromatic heterocycles. The summed E-state index contributed by atoms with van der Waals surface area (Å²) in [4.78, 5) is 13.0. The molecule has 0 bridgehead atoms. The molecule has 0 saturated carbocycles. The maximum absolute atomic E-state index is 5.94. The first-order valence-corrected chi connectivity index (χ1v) is 8.29. The molecule has 0 aliphatic heterocycles. The number of guanidine groups is 1. The number of halogens is 1. The summed E-state index contributed by atoms with van der Waals surface area (Å²) >= 11 is 0. The van der Waals surface area contributed by atoms with E-state index >= 15 is 0 Å². The van der Waals surface area contributed by atoms with Crippen LogP contribution in [0.5, 0.6) is 0 Å². The lowest BCUT2D eigenvalue weighted by atomic mass is 10.2. The summed E-state index contributed by atoms with van der Waals surface area (Å²) < 4.78 is 2.08. The normalized spacial score (nSPS) is 11.0. The lowest BCUT2D eigenvalue weighted by Gasteiger charge is -2.08. The molecule has 3 rings (SSSR count). The molecule has 0 aliphatic rings. The standard InChI is InChI=1S/C19H22N6.HI/c20-19(23-11-9-17-8-4-5-10-21-17)24-14-18-22-12-13-25(18)15-16-6-2-1-3-7-16;/h1-8,10,12-13H,9,11,14-15H2,(H3,20,23,24);1H. The van der Waals surface area contributed by atoms with Crippen LogP contribution in [0.15, 0.2) is 72.1 Å². The SMILES string of the molecule is I.NC(=NCc1nccn1Cc1ccccc1)NCCc1ccccn1. The van der Waals surface area contributed by atoms with Gasteiger partial charge >= 0.3 is 0 Å². The van der Waals surface area contributed by atoms with Crippen molar-refractivity contribution in [3.8, 4) is 0 Å². The van der Waals surface area contributed by atoms with Crippen molar-refractivity contribution in [2.45, 2.75) is 19.5 Å². The van der Waals surface area contributed by atoms with Crippen LogP contribution in [0.1, 0.15) is 17.1 Å². The quantitative estimate of drug-likeness (QED) is 0.322. The third-order valence-electron chi connectivity index (χ3n) is 3.80. The van der Waals surface area contributed by atoms with Crippen molar-refractivity contribution in [1.29, 1.82) is 0 Å². The highest BCUT2D eigenvalue weighted by atomic mass is 127. The molecule has 0 saturated heterocycles. The smallest absolute Gasteiger partial charge is 0.189 e. The Morgan fingerprint density at radius 2 is 1.85 bits per heavy atom. The molecule has 0 unspecified atom stereocenters. The van der Waals surface area contributed by atoms with Gasteiger partial charge < -0.3 is 15.6 Å². The Hall–Kier alpha value is -2.42. The maximum Gasteiger partial charge on any atom is 0.189 e. The molecule has 26 heavy (non-hydrogen) atoms. The molecule has 0 fully saturated rings. The fraction of sp³-hybridized carbons (Fsp3) is 0.211. The van der Waals surface area contributed by atoms with Gasteiger partial charge in [-0.15, -0.1) is 24.0 Å². The second-order valence-electron chi connectivity index (χ2n) is 5.66. The van der Waals surface area contributed by atoms with Gasteiger partial charge in [-0.3, -0.25) is 4.98 Å². The van der Waals surface area contributed by atoms with E-state index in [2.05, 4.69) is 37.0 Å². The van der Waals surface area contributed by atoms with Crippen molar-refractivity contribution in [2.75, 3.05) is 6.54 Å². The van der Waals surface area contributed by atoms with Gasteiger partial charge in [0.2, 0.25) is 0 Å². The number of nitrogens with zero attached hydrogens (tertiary/aromatic N) is 4. The second kappa shape index (κ2) is 10.5. The Morgan fingerprint density at radius 1 is 1.04 bits per heavy atom.